The van der Waals surface area contributed by atoms with E-state index in [1.54, 1.807) is 25.6 Å². The third-order valence-corrected chi connectivity index (χ3v) is 6.27. The molecule has 1 amide bonds. The summed E-state index contributed by atoms with van der Waals surface area (Å²) in [5.41, 5.74) is 5.48. The lowest BCUT2D eigenvalue weighted by Gasteiger charge is -2.16. The smallest absolute Gasteiger partial charge is 0.269 e. The fourth-order valence-corrected chi connectivity index (χ4v) is 4.25. The van der Waals surface area contributed by atoms with Crippen molar-refractivity contribution in [1.82, 2.24) is 15.3 Å². The number of aromatic nitrogens is 2. The molecule has 0 aliphatic heterocycles. The normalized spacial score (nSPS) is 10.9. The first kappa shape index (κ1) is 25.0. The van der Waals surface area contributed by atoms with Crippen molar-refractivity contribution in [3.63, 3.8) is 0 Å². The summed E-state index contributed by atoms with van der Waals surface area (Å²) >= 11 is 0. The van der Waals surface area contributed by atoms with Gasteiger partial charge in [0.05, 0.1) is 12.6 Å². The molecular formula is C30H31N3O3. The number of hydrogen-bond acceptors (Lipinski definition) is 5. The van der Waals surface area contributed by atoms with E-state index in [2.05, 4.69) is 34.3 Å². The molecule has 0 aliphatic carbocycles. The van der Waals surface area contributed by atoms with Gasteiger partial charge < -0.3 is 10.1 Å². The number of carbonyl (C=O) groups excluding carboxylic acids is 2. The van der Waals surface area contributed by atoms with Gasteiger partial charge in [0.25, 0.3) is 5.91 Å². The van der Waals surface area contributed by atoms with Gasteiger partial charge >= 0.3 is 0 Å². The summed E-state index contributed by atoms with van der Waals surface area (Å²) in [5, 5.41) is 3.79. The minimum absolute atomic E-state index is 0.0628. The number of Topliss-reactive ketones (excluding diaryl/α,β-unsaturated/α-hetero) is 1. The summed E-state index contributed by atoms with van der Waals surface area (Å²) in [6.45, 7) is 4.58. The Bertz CT molecular complexity index is 1370. The number of carbonyl (C=O) groups is 2. The summed E-state index contributed by atoms with van der Waals surface area (Å²) in [6, 6.07) is 17.6. The van der Waals surface area contributed by atoms with Crippen LogP contribution < -0.4 is 10.1 Å². The molecule has 36 heavy (non-hydrogen) atoms. The molecular weight excluding hydrogens is 450 g/mol. The Kier molecular flexibility index (Phi) is 8.06. The molecule has 6 nitrogen and oxygen atoms in total. The number of benzene rings is 2. The molecule has 4 aromatic rings. The first-order chi connectivity index (χ1) is 17.5. The third-order valence-electron chi connectivity index (χ3n) is 6.27. The minimum atomic E-state index is -0.183. The van der Waals surface area contributed by atoms with Gasteiger partial charge in [-0.25, -0.2) is 0 Å². The fourth-order valence-electron chi connectivity index (χ4n) is 4.25. The largest absolute Gasteiger partial charge is 0.496 e. The fraction of sp³-hybridized carbons (Fsp3) is 0.267. The zero-order valence-electron chi connectivity index (χ0n) is 21.0. The van der Waals surface area contributed by atoms with Crippen LogP contribution in [0, 0.1) is 0 Å². The molecule has 0 bridgehead atoms. The maximum Gasteiger partial charge on any atom is 0.269 e. The molecule has 2 aromatic carbocycles. The van der Waals surface area contributed by atoms with E-state index in [4.69, 9.17) is 4.74 Å². The van der Waals surface area contributed by atoms with E-state index >= 15 is 0 Å². The Hall–Kier alpha value is -4.06. The number of amides is 1. The van der Waals surface area contributed by atoms with Gasteiger partial charge in [-0.15, -0.1) is 0 Å². The number of unbranched alkanes of at least 4 members (excludes halogenated alkanes) is 1. The number of nitrogens with zero attached hydrogens (tertiary/aromatic N) is 2. The SMILES string of the molecule is CCCCNC(=O)c1ccc(-c2cc3c(Cc4ccccc4)c(C(=O)CC)cnc3cc2OC)cn1. The Morgan fingerprint density at radius 2 is 1.78 bits per heavy atom. The second kappa shape index (κ2) is 11.6. The van der Waals surface area contributed by atoms with Gasteiger partial charge in [0.1, 0.15) is 11.4 Å². The number of pyridine rings is 2. The molecule has 0 unspecified atom stereocenters. The Balaban J connectivity index is 1.80. The van der Waals surface area contributed by atoms with Crippen LogP contribution >= 0.6 is 0 Å². The predicted octanol–water partition coefficient (Wildman–Crippen LogP) is 6.02. The van der Waals surface area contributed by atoms with Gasteiger partial charge in [0, 0.05) is 53.5 Å². The standard InChI is InChI=1S/C30H31N3O3/c1-4-6-14-31-30(35)26-13-12-21(18-32-26)22-16-24-23(15-20-10-8-7-9-11-20)25(28(34)5-2)19-33-27(24)17-29(22)36-3/h7-13,16-19H,4-6,14-15H2,1-3H3,(H,31,35). The van der Waals surface area contributed by atoms with Crippen molar-refractivity contribution in [3.05, 3.63) is 89.4 Å². The zero-order chi connectivity index (χ0) is 25.5. The zero-order valence-corrected chi connectivity index (χ0v) is 21.0. The van der Waals surface area contributed by atoms with E-state index in [9.17, 15) is 9.59 Å². The molecule has 0 saturated carbocycles. The van der Waals surface area contributed by atoms with Crippen LogP contribution in [0.1, 0.15) is 65.1 Å². The van der Waals surface area contributed by atoms with Crippen molar-refractivity contribution in [2.45, 2.75) is 39.5 Å². The van der Waals surface area contributed by atoms with Crippen molar-refractivity contribution in [3.8, 4) is 16.9 Å². The maximum atomic E-state index is 12.8. The number of methoxy groups -OCH3 is 1. The molecule has 2 heterocycles. The molecule has 4 rings (SSSR count). The average Bonchev–Trinajstić information content (AvgIpc) is 2.92. The summed E-state index contributed by atoms with van der Waals surface area (Å²) in [6.07, 6.45) is 6.33. The summed E-state index contributed by atoms with van der Waals surface area (Å²) in [4.78, 5) is 34.2. The summed E-state index contributed by atoms with van der Waals surface area (Å²) in [5.74, 6) is 0.530. The molecule has 1 N–H and O–H groups in total. The van der Waals surface area contributed by atoms with E-state index in [1.807, 2.05) is 43.3 Å². The number of ketones is 1. The molecule has 6 heteroatoms. The van der Waals surface area contributed by atoms with Crippen LogP contribution in [0.5, 0.6) is 5.75 Å². The summed E-state index contributed by atoms with van der Waals surface area (Å²) < 4.78 is 5.69. The van der Waals surface area contributed by atoms with Gasteiger partial charge in [-0.1, -0.05) is 56.7 Å². The topological polar surface area (TPSA) is 81.2 Å². The number of ether oxygens (including phenoxy) is 1. The van der Waals surface area contributed by atoms with Crippen molar-refractivity contribution in [1.29, 1.82) is 0 Å². The molecule has 0 atom stereocenters. The number of nitrogens with one attached hydrogen (secondary N) is 1. The number of hydrogen-bond donors (Lipinski definition) is 1. The molecule has 0 fully saturated rings. The highest BCUT2D eigenvalue weighted by Gasteiger charge is 2.18. The monoisotopic (exact) mass is 481 g/mol. The van der Waals surface area contributed by atoms with Crippen LogP contribution in [0.3, 0.4) is 0 Å². The summed E-state index contributed by atoms with van der Waals surface area (Å²) in [7, 11) is 1.62. The van der Waals surface area contributed by atoms with Gasteiger partial charge in [-0.2, -0.15) is 0 Å². The highest BCUT2D eigenvalue weighted by atomic mass is 16.5. The predicted molar refractivity (Wildman–Crippen MR) is 143 cm³/mol. The maximum absolute atomic E-state index is 12.8. The lowest BCUT2D eigenvalue weighted by atomic mass is 9.92. The molecule has 0 aliphatic rings. The Morgan fingerprint density at radius 1 is 0.972 bits per heavy atom. The minimum Gasteiger partial charge on any atom is -0.496 e. The van der Waals surface area contributed by atoms with E-state index in [0.29, 0.717) is 36.4 Å². The van der Waals surface area contributed by atoms with E-state index in [1.165, 1.54) is 0 Å². The van der Waals surface area contributed by atoms with Crippen molar-refractivity contribution in [2.75, 3.05) is 13.7 Å². The van der Waals surface area contributed by atoms with Crippen LogP contribution in [-0.4, -0.2) is 35.3 Å². The van der Waals surface area contributed by atoms with E-state index in [0.717, 1.165) is 46.0 Å². The third kappa shape index (κ3) is 5.43. The van der Waals surface area contributed by atoms with Crippen LogP contribution in [0.4, 0.5) is 0 Å². The van der Waals surface area contributed by atoms with Gasteiger partial charge in [0.15, 0.2) is 5.78 Å². The van der Waals surface area contributed by atoms with E-state index in [-0.39, 0.29) is 11.7 Å². The first-order valence-corrected chi connectivity index (χ1v) is 12.4. The highest BCUT2D eigenvalue weighted by molar-refractivity contribution is 6.02. The van der Waals surface area contributed by atoms with Gasteiger partial charge in [-0.05, 0) is 36.1 Å². The number of fused-ring (bicyclic) bond motifs is 1. The van der Waals surface area contributed by atoms with Gasteiger partial charge in [-0.3, -0.25) is 19.6 Å². The quantitative estimate of drug-likeness (QED) is 0.221. The molecule has 0 spiro atoms. The average molecular weight is 482 g/mol. The lowest BCUT2D eigenvalue weighted by molar-refractivity contribution is 0.0946. The van der Waals surface area contributed by atoms with Crippen LogP contribution in [0.25, 0.3) is 22.0 Å². The molecule has 0 radical (unpaired) electrons. The van der Waals surface area contributed by atoms with Crippen LogP contribution in [0.2, 0.25) is 0 Å². The van der Waals surface area contributed by atoms with Crippen molar-refractivity contribution >= 4 is 22.6 Å². The Labute approximate surface area is 211 Å². The molecule has 2 aromatic heterocycles. The second-order valence-electron chi connectivity index (χ2n) is 8.70. The van der Waals surface area contributed by atoms with Gasteiger partial charge in [0.2, 0.25) is 0 Å². The number of rotatable bonds is 10. The second-order valence-corrected chi connectivity index (χ2v) is 8.70. The van der Waals surface area contributed by atoms with E-state index < -0.39 is 0 Å². The molecule has 0 saturated heterocycles. The van der Waals surface area contributed by atoms with Crippen LogP contribution in [0.15, 0.2) is 67.0 Å². The highest BCUT2D eigenvalue weighted by Crippen LogP contribution is 2.36. The Morgan fingerprint density at radius 3 is 2.44 bits per heavy atom. The first-order valence-electron chi connectivity index (χ1n) is 12.4. The van der Waals surface area contributed by atoms with Crippen molar-refractivity contribution < 1.29 is 14.3 Å². The van der Waals surface area contributed by atoms with Crippen LogP contribution in [-0.2, 0) is 6.42 Å². The molecule has 184 valence electrons. The van der Waals surface area contributed by atoms with Crippen molar-refractivity contribution in [2.24, 2.45) is 0 Å². The lowest BCUT2D eigenvalue weighted by Crippen LogP contribution is -2.25.